The van der Waals surface area contributed by atoms with Crippen LogP contribution < -0.4 is 11.2 Å². The molecule has 0 aromatic carbocycles. The minimum Gasteiger partial charge on any atom is -0.312 e. The molecule has 0 aliphatic rings. The highest BCUT2D eigenvalue weighted by Crippen LogP contribution is 2.18. The largest absolute Gasteiger partial charge is 0.332 e. The molecule has 0 atom stereocenters. The molecule has 0 radical (unpaired) electrons. The predicted octanol–water partition coefficient (Wildman–Crippen LogP) is -0.660. The number of aromatic nitrogens is 5. The van der Waals surface area contributed by atoms with Gasteiger partial charge >= 0.3 is 5.69 Å². The number of sulfone groups is 1. The number of fused-ring (bicyclic) bond motifs is 1. The number of pyridine rings is 1. The molecule has 3 heterocycles. The summed E-state index contributed by atoms with van der Waals surface area (Å²) in [6, 6.07) is 3.18. The summed E-state index contributed by atoms with van der Waals surface area (Å²) in [5.74, 6) is -0.277. The van der Waals surface area contributed by atoms with Gasteiger partial charge in [-0.25, -0.2) is 13.2 Å². The van der Waals surface area contributed by atoms with Gasteiger partial charge in [0, 0.05) is 33.5 Å². The fourth-order valence-corrected chi connectivity index (χ4v) is 4.03. The van der Waals surface area contributed by atoms with Crippen LogP contribution in [0.4, 0.5) is 0 Å². The summed E-state index contributed by atoms with van der Waals surface area (Å²) in [6.45, 7) is 0. The van der Waals surface area contributed by atoms with Gasteiger partial charge in [-0.05, 0) is 17.7 Å². The molecule has 0 aliphatic carbocycles. The van der Waals surface area contributed by atoms with Gasteiger partial charge in [0.1, 0.15) is 0 Å². The molecule has 0 saturated carbocycles. The summed E-state index contributed by atoms with van der Waals surface area (Å²) in [4.78, 5) is 32.2. The van der Waals surface area contributed by atoms with Crippen molar-refractivity contribution in [2.45, 2.75) is 10.9 Å². The molecule has 0 amide bonds. The number of imidazole rings is 1. The number of aryl methyl sites for hydroxylation is 2. The number of nitrogens with zero attached hydrogens (tertiary/aromatic N) is 5. The zero-order valence-electron chi connectivity index (χ0n) is 13.3. The first kappa shape index (κ1) is 16.1. The molecular formula is C14H15N5O4S. The van der Waals surface area contributed by atoms with Crippen molar-refractivity contribution in [3.8, 4) is 0 Å². The summed E-state index contributed by atoms with van der Waals surface area (Å²) in [6.07, 6.45) is 3.00. The van der Waals surface area contributed by atoms with Crippen molar-refractivity contribution in [2.75, 3.05) is 0 Å². The molecule has 3 rings (SSSR count). The lowest BCUT2D eigenvalue weighted by Crippen LogP contribution is -2.37. The SMILES string of the molecule is Cn1c(=O)c2c(nc(S(=O)(=O)Cc3ccncc3)n2C)n(C)c1=O. The predicted molar refractivity (Wildman–Crippen MR) is 86.3 cm³/mol. The quantitative estimate of drug-likeness (QED) is 0.621. The standard InChI is InChI=1S/C14H15N5O4S/c1-17-10-11(18(2)14(21)19(3)12(10)20)16-13(17)24(22,23)8-9-4-6-15-7-5-9/h4-7H,8H2,1-3H3. The van der Waals surface area contributed by atoms with Crippen LogP contribution in [-0.4, -0.2) is 32.1 Å². The zero-order chi connectivity index (χ0) is 17.6. The first-order valence-corrected chi connectivity index (χ1v) is 8.63. The van der Waals surface area contributed by atoms with E-state index in [2.05, 4.69) is 9.97 Å². The maximum atomic E-state index is 12.7. The van der Waals surface area contributed by atoms with E-state index in [1.807, 2.05) is 0 Å². The van der Waals surface area contributed by atoms with Gasteiger partial charge in [-0.3, -0.25) is 18.9 Å². The first-order chi connectivity index (χ1) is 11.2. The minimum absolute atomic E-state index is 0.0407. The molecule has 0 fully saturated rings. The summed E-state index contributed by atoms with van der Waals surface area (Å²) in [5.41, 5.74) is -0.497. The van der Waals surface area contributed by atoms with Gasteiger partial charge in [-0.15, -0.1) is 0 Å². The zero-order valence-corrected chi connectivity index (χ0v) is 14.1. The molecule has 0 N–H and O–H groups in total. The molecule has 0 spiro atoms. The lowest BCUT2D eigenvalue weighted by Gasteiger charge is -2.05. The number of hydrogen-bond donors (Lipinski definition) is 0. The van der Waals surface area contributed by atoms with E-state index in [4.69, 9.17) is 0 Å². The Balaban J connectivity index is 2.27. The van der Waals surface area contributed by atoms with Crippen LogP contribution in [0, 0.1) is 0 Å². The molecule has 0 unspecified atom stereocenters. The van der Waals surface area contributed by atoms with E-state index in [0.29, 0.717) is 5.56 Å². The second kappa shape index (κ2) is 5.41. The lowest BCUT2D eigenvalue weighted by atomic mass is 10.3. The summed E-state index contributed by atoms with van der Waals surface area (Å²) in [5, 5.41) is -0.257. The molecule has 0 saturated heterocycles. The van der Waals surface area contributed by atoms with E-state index in [1.54, 1.807) is 12.1 Å². The Hall–Kier alpha value is -2.75. The Bertz CT molecular complexity index is 1160. The molecule has 0 bridgehead atoms. The van der Waals surface area contributed by atoms with Crippen LogP contribution in [0.5, 0.6) is 0 Å². The van der Waals surface area contributed by atoms with Crippen molar-refractivity contribution in [1.29, 1.82) is 0 Å². The van der Waals surface area contributed by atoms with Crippen LogP contribution in [0.25, 0.3) is 11.2 Å². The Morgan fingerprint density at radius 3 is 2.25 bits per heavy atom. The van der Waals surface area contributed by atoms with Crippen molar-refractivity contribution >= 4 is 21.0 Å². The topological polar surface area (TPSA) is 109 Å². The summed E-state index contributed by atoms with van der Waals surface area (Å²) < 4.78 is 28.7. The maximum Gasteiger partial charge on any atom is 0.332 e. The second-order valence-corrected chi connectivity index (χ2v) is 7.33. The Morgan fingerprint density at radius 2 is 1.62 bits per heavy atom. The molecular weight excluding hydrogens is 334 g/mol. The van der Waals surface area contributed by atoms with Crippen LogP contribution in [0.15, 0.2) is 39.3 Å². The second-order valence-electron chi connectivity index (χ2n) is 5.45. The normalized spacial score (nSPS) is 12.0. The Kier molecular flexibility index (Phi) is 3.63. The van der Waals surface area contributed by atoms with Gasteiger partial charge in [0.15, 0.2) is 11.2 Å². The van der Waals surface area contributed by atoms with Crippen molar-refractivity contribution in [3.05, 3.63) is 50.9 Å². The highest BCUT2D eigenvalue weighted by molar-refractivity contribution is 7.90. The molecule has 24 heavy (non-hydrogen) atoms. The van der Waals surface area contributed by atoms with Gasteiger partial charge in [0.05, 0.1) is 5.75 Å². The number of hydrogen-bond acceptors (Lipinski definition) is 6. The van der Waals surface area contributed by atoms with Crippen molar-refractivity contribution in [1.82, 2.24) is 23.7 Å². The minimum atomic E-state index is -3.80. The number of rotatable bonds is 3. The monoisotopic (exact) mass is 349 g/mol. The van der Waals surface area contributed by atoms with Crippen LogP contribution in [0.1, 0.15) is 5.56 Å². The van der Waals surface area contributed by atoms with E-state index in [-0.39, 0.29) is 22.1 Å². The van der Waals surface area contributed by atoms with Gasteiger partial charge in [0.25, 0.3) is 5.56 Å². The van der Waals surface area contributed by atoms with E-state index in [1.165, 1.54) is 38.1 Å². The summed E-state index contributed by atoms with van der Waals surface area (Å²) in [7, 11) is 0.417. The van der Waals surface area contributed by atoms with E-state index >= 15 is 0 Å². The molecule has 9 nitrogen and oxygen atoms in total. The first-order valence-electron chi connectivity index (χ1n) is 6.98. The van der Waals surface area contributed by atoms with E-state index in [0.717, 1.165) is 9.13 Å². The fourth-order valence-electron chi connectivity index (χ4n) is 2.54. The highest BCUT2D eigenvalue weighted by atomic mass is 32.2. The highest BCUT2D eigenvalue weighted by Gasteiger charge is 2.26. The molecule has 3 aromatic rings. The van der Waals surface area contributed by atoms with Crippen LogP contribution in [-0.2, 0) is 36.7 Å². The Morgan fingerprint density at radius 1 is 1.00 bits per heavy atom. The van der Waals surface area contributed by atoms with Gasteiger partial charge < -0.3 is 4.57 Å². The maximum absolute atomic E-state index is 12.7. The summed E-state index contributed by atoms with van der Waals surface area (Å²) >= 11 is 0. The third-order valence-corrected chi connectivity index (χ3v) is 5.45. The van der Waals surface area contributed by atoms with Crippen LogP contribution >= 0.6 is 0 Å². The third kappa shape index (κ3) is 2.35. The molecule has 10 heteroatoms. The van der Waals surface area contributed by atoms with Crippen LogP contribution in [0.3, 0.4) is 0 Å². The fraction of sp³-hybridized carbons (Fsp3) is 0.286. The van der Waals surface area contributed by atoms with Crippen molar-refractivity contribution < 1.29 is 8.42 Å². The molecule has 126 valence electrons. The van der Waals surface area contributed by atoms with Gasteiger partial charge in [-0.2, -0.15) is 4.98 Å². The third-order valence-electron chi connectivity index (χ3n) is 3.82. The van der Waals surface area contributed by atoms with E-state index < -0.39 is 21.1 Å². The van der Waals surface area contributed by atoms with Gasteiger partial charge in [0.2, 0.25) is 15.0 Å². The average Bonchev–Trinajstić information content (AvgIpc) is 2.90. The lowest BCUT2D eigenvalue weighted by molar-refractivity contribution is 0.579. The van der Waals surface area contributed by atoms with Crippen molar-refractivity contribution in [3.63, 3.8) is 0 Å². The van der Waals surface area contributed by atoms with Crippen LogP contribution in [0.2, 0.25) is 0 Å². The smallest absolute Gasteiger partial charge is 0.312 e. The van der Waals surface area contributed by atoms with E-state index in [9.17, 15) is 18.0 Å². The van der Waals surface area contributed by atoms with Gasteiger partial charge in [-0.1, -0.05) is 0 Å². The Labute approximate surface area is 136 Å². The molecule has 0 aliphatic heterocycles. The average molecular weight is 349 g/mol. The van der Waals surface area contributed by atoms with Crippen molar-refractivity contribution in [2.24, 2.45) is 21.1 Å². The molecule has 3 aromatic heterocycles.